The van der Waals surface area contributed by atoms with Crippen molar-refractivity contribution in [1.29, 1.82) is 0 Å². The van der Waals surface area contributed by atoms with Crippen LogP contribution in [-0.2, 0) is 24.2 Å². The van der Waals surface area contributed by atoms with E-state index in [0.29, 0.717) is 6.73 Å². The highest BCUT2D eigenvalue weighted by molar-refractivity contribution is 5.58. The maximum Gasteiger partial charge on any atom is 0.158 e. The van der Waals surface area contributed by atoms with Crippen LogP contribution in [0.2, 0.25) is 0 Å². The van der Waals surface area contributed by atoms with Crippen molar-refractivity contribution in [3.05, 3.63) is 35.2 Å². The van der Waals surface area contributed by atoms with Crippen LogP contribution in [0.4, 0.5) is 11.6 Å². The molecule has 0 aliphatic carbocycles. The Morgan fingerprint density at radius 3 is 3.04 bits per heavy atom. The molecule has 2 unspecified atom stereocenters. The second-order valence-electron chi connectivity index (χ2n) is 7.79. The number of aryl methyl sites for hydroxylation is 1. The van der Waals surface area contributed by atoms with Crippen molar-refractivity contribution in [3.63, 3.8) is 0 Å². The fraction of sp³-hybridized carbons (Fsp3) is 0.600. The number of fused-ring (bicyclic) bond motifs is 3. The van der Waals surface area contributed by atoms with Crippen LogP contribution in [-0.4, -0.2) is 32.4 Å². The summed E-state index contributed by atoms with van der Waals surface area (Å²) >= 11 is 0. The minimum atomic E-state index is -0.0368. The molecule has 4 rings (SSSR count). The smallest absolute Gasteiger partial charge is 0.158 e. The van der Waals surface area contributed by atoms with Crippen LogP contribution in [0.25, 0.3) is 0 Å². The minimum Gasteiger partial charge on any atom is -0.360 e. The van der Waals surface area contributed by atoms with Gasteiger partial charge in [-0.1, -0.05) is 25.8 Å². The van der Waals surface area contributed by atoms with Crippen LogP contribution < -0.4 is 5.32 Å². The van der Waals surface area contributed by atoms with Gasteiger partial charge in [0.1, 0.15) is 12.5 Å². The zero-order valence-electron chi connectivity index (χ0n) is 15.8. The van der Waals surface area contributed by atoms with Gasteiger partial charge in [0, 0.05) is 24.3 Å². The van der Waals surface area contributed by atoms with Crippen LogP contribution >= 0.6 is 0 Å². The molecule has 0 saturated heterocycles. The quantitative estimate of drug-likeness (QED) is 0.805. The van der Waals surface area contributed by atoms with Gasteiger partial charge in [-0.25, -0.2) is 4.98 Å². The summed E-state index contributed by atoms with van der Waals surface area (Å²) in [4.78, 5) is 7.10. The Bertz CT molecular complexity index is 758. The molecule has 140 valence electrons. The van der Waals surface area contributed by atoms with Crippen molar-refractivity contribution in [2.24, 2.45) is 0 Å². The molecular weight excluding hydrogens is 326 g/mol. The van der Waals surface area contributed by atoms with Crippen LogP contribution in [0.5, 0.6) is 0 Å². The Morgan fingerprint density at radius 1 is 1.23 bits per heavy atom. The van der Waals surface area contributed by atoms with Gasteiger partial charge in [-0.2, -0.15) is 5.10 Å². The van der Waals surface area contributed by atoms with Crippen LogP contribution in [0.3, 0.4) is 0 Å². The largest absolute Gasteiger partial charge is 0.360 e. The van der Waals surface area contributed by atoms with Crippen molar-refractivity contribution in [1.82, 2.24) is 20.1 Å². The van der Waals surface area contributed by atoms with Gasteiger partial charge in [0.25, 0.3) is 0 Å². The van der Waals surface area contributed by atoms with Gasteiger partial charge in [0.15, 0.2) is 5.82 Å². The van der Waals surface area contributed by atoms with Crippen LogP contribution in [0.1, 0.15) is 62.9 Å². The van der Waals surface area contributed by atoms with Crippen molar-refractivity contribution >= 4 is 11.6 Å². The zero-order valence-corrected chi connectivity index (χ0v) is 15.8. The standard InChI is InChI=1S/C20H29N5O/c1-3-20(2)11-6-4-5-8-15-9-7-10-18(21-15)22-19-16-12-25(14-26-20)13-17(16)23-24-19/h7,9-10H,3-6,8,11-14H2,1-2H3,(H2,21,22,23,24). The molecule has 0 radical (unpaired) electrons. The number of hydrogen-bond donors (Lipinski definition) is 2. The van der Waals surface area contributed by atoms with E-state index in [2.05, 4.69) is 46.4 Å². The normalized spacial score (nSPS) is 26.5. The number of ether oxygens (including phenoxy) is 1. The summed E-state index contributed by atoms with van der Waals surface area (Å²) < 4.78 is 6.36. The summed E-state index contributed by atoms with van der Waals surface area (Å²) in [6.45, 7) is 6.86. The van der Waals surface area contributed by atoms with Crippen molar-refractivity contribution in [2.75, 3.05) is 12.0 Å². The van der Waals surface area contributed by atoms with Gasteiger partial charge >= 0.3 is 0 Å². The molecule has 2 N–H and O–H groups in total. The number of hydrogen-bond acceptors (Lipinski definition) is 5. The molecule has 4 bridgehead atoms. The number of aromatic nitrogens is 3. The summed E-state index contributed by atoms with van der Waals surface area (Å²) in [5.74, 6) is 1.76. The highest BCUT2D eigenvalue weighted by Crippen LogP contribution is 2.30. The maximum atomic E-state index is 6.36. The first-order valence-corrected chi connectivity index (χ1v) is 9.80. The topological polar surface area (TPSA) is 66.1 Å². The molecule has 6 heteroatoms. The fourth-order valence-electron chi connectivity index (χ4n) is 3.79. The van der Waals surface area contributed by atoms with Gasteiger partial charge in [-0.3, -0.25) is 10.00 Å². The van der Waals surface area contributed by atoms with Crippen molar-refractivity contribution in [2.45, 2.75) is 71.1 Å². The van der Waals surface area contributed by atoms with Gasteiger partial charge < -0.3 is 10.1 Å². The fourth-order valence-corrected chi connectivity index (χ4v) is 3.79. The molecule has 2 aromatic rings. The first-order chi connectivity index (χ1) is 12.6. The Balaban J connectivity index is 1.57. The number of rotatable bonds is 1. The molecule has 0 saturated carbocycles. The van der Waals surface area contributed by atoms with Gasteiger partial charge in [-0.05, 0) is 44.7 Å². The lowest BCUT2D eigenvalue weighted by Crippen LogP contribution is -2.33. The molecule has 6 nitrogen and oxygen atoms in total. The van der Waals surface area contributed by atoms with Crippen LogP contribution in [0, 0.1) is 0 Å². The van der Waals surface area contributed by atoms with Crippen molar-refractivity contribution in [3.8, 4) is 0 Å². The molecule has 2 aliphatic rings. The van der Waals surface area contributed by atoms with Gasteiger partial charge in [0.2, 0.25) is 0 Å². The van der Waals surface area contributed by atoms with E-state index in [-0.39, 0.29) is 5.60 Å². The Labute approximate surface area is 155 Å². The van der Waals surface area contributed by atoms with E-state index >= 15 is 0 Å². The van der Waals surface area contributed by atoms with E-state index in [1.54, 1.807) is 0 Å². The average molecular weight is 355 g/mol. The molecule has 0 fully saturated rings. The van der Waals surface area contributed by atoms with E-state index in [9.17, 15) is 0 Å². The molecule has 2 aromatic heterocycles. The molecule has 0 spiro atoms. The SMILES string of the molecule is CCC1(C)CCCCCc2cccc(n2)Nc2n[nH]c3c2CN(CO1)C3. The third-order valence-electron chi connectivity index (χ3n) is 5.75. The Morgan fingerprint density at radius 2 is 2.15 bits per heavy atom. The van der Waals surface area contributed by atoms with E-state index in [1.807, 2.05) is 6.07 Å². The van der Waals surface area contributed by atoms with Gasteiger partial charge in [-0.15, -0.1) is 0 Å². The van der Waals surface area contributed by atoms with E-state index in [1.165, 1.54) is 30.5 Å². The molecule has 2 aliphatic heterocycles. The maximum absolute atomic E-state index is 6.36. The first kappa shape index (κ1) is 17.5. The lowest BCUT2D eigenvalue weighted by atomic mass is 9.95. The molecule has 0 aromatic carbocycles. The highest BCUT2D eigenvalue weighted by Gasteiger charge is 2.28. The number of H-pyrrole nitrogens is 1. The van der Waals surface area contributed by atoms with E-state index in [0.717, 1.165) is 49.7 Å². The Hall–Kier alpha value is -1.92. The molecule has 2 atom stereocenters. The van der Waals surface area contributed by atoms with Gasteiger partial charge in [0.05, 0.1) is 11.3 Å². The molecule has 4 heterocycles. The number of aromatic amines is 1. The van der Waals surface area contributed by atoms with E-state index < -0.39 is 0 Å². The second kappa shape index (κ2) is 7.37. The molecular formula is C20H29N5O. The summed E-state index contributed by atoms with van der Waals surface area (Å²) in [6, 6.07) is 6.20. The van der Waals surface area contributed by atoms with Crippen LogP contribution in [0.15, 0.2) is 18.2 Å². The number of nitrogens with one attached hydrogen (secondary N) is 2. The molecule has 0 amide bonds. The number of anilines is 2. The first-order valence-electron chi connectivity index (χ1n) is 9.80. The minimum absolute atomic E-state index is 0.0368. The third-order valence-corrected chi connectivity index (χ3v) is 5.75. The van der Waals surface area contributed by atoms with E-state index in [4.69, 9.17) is 9.72 Å². The predicted octanol–water partition coefficient (Wildman–Crippen LogP) is 4.12. The summed E-state index contributed by atoms with van der Waals surface area (Å²) in [6.07, 6.45) is 6.77. The third kappa shape index (κ3) is 3.76. The van der Waals surface area contributed by atoms with Crippen molar-refractivity contribution < 1.29 is 4.74 Å². The summed E-state index contributed by atoms with van der Waals surface area (Å²) in [7, 11) is 0. The summed E-state index contributed by atoms with van der Waals surface area (Å²) in [5.41, 5.74) is 3.51. The lowest BCUT2D eigenvalue weighted by Gasteiger charge is -2.31. The zero-order chi connectivity index (χ0) is 18.0. The lowest BCUT2D eigenvalue weighted by molar-refractivity contribution is -0.0932. The Kier molecular flexibility index (Phi) is 4.96. The second-order valence-corrected chi connectivity index (χ2v) is 7.79. The monoisotopic (exact) mass is 355 g/mol. The highest BCUT2D eigenvalue weighted by atomic mass is 16.5. The average Bonchev–Trinajstić information content (AvgIpc) is 3.21. The number of pyridine rings is 1. The number of nitrogens with zero attached hydrogens (tertiary/aromatic N) is 3. The summed E-state index contributed by atoms with van der Waals surface area (Å²) in [5, 5.41) is 11.0. The molecule has 26 heavy (non-hydrogen) atoms. The predicted molar refractivity (Wildman–Crippen MR) is 102 cm³/mol.